The monoisotopic (exact) mass is 288 g/mol. The van der Waals surface area contributed by atoms with Crippen LogP contribution in [0.1, 0.15) is 38.7 Å². The average molecular weight is 289 g/mol. The summed E-state index contributed by atoms with van der Waals surface area (Å²) >= 11 is 5.07. The zero-order valence-corrected chi connectivity index (χ0v) is 11.9. The summed E-state index contributed by atoms with van der Waals surface area (Å²) in [6, 6.07) is 4.02. The first kappa shape index (κ1) is 11.6. The minimum atomic E-state index is -0.314. The molecule has 1 saturated carbocycles. The molecule has 1 aliphatic rings. The number of hydrogen-bond acceptors (Lipinski definition) is 2. The lowest BCUT2D eigenvalue weighted by atomic mass is 10.0. The second kappa shape index (κ2) is 3.31. The van der Waals surface area contributed by atoms with Crippen molar-refractivity contribution in [3.8, 4) is 0 Å². The van der Waals surface area contributed by atoms with Crippen molar-refractivity contribution in [2.24, 2.45) is 16.7 Å². The first-order valence-electron chi connectivity index (χ1n) is 5.22. The van der Waals surface area contributed by atoms with Crippen LogP contribution in [0.15, 0.2) is 15.9 Å². The number of aliphatic hydroxyl groups is 1. The topological polar surface area (TPSA) is 20.2 Å². The van der Waals surface area contributed by atoms with Crippen molar-refractivity contribution in [3.63, 3.8) is 0 Å². The molecule has 84 valence electrons. The number of thiophene rings is 1. The smallest absolute Gasteiger partial charge is 0.0921 e. The van der Waals surface area contributed by atoms with E-state index in [9.17, 15) is 5.11 Å². The Morgan fingerprint density at radius 3 is 2.13 bits per heavy atom. The van der Waals surface area contributed by atoms with Crippen molar-refractivity contribution >= 4 is 27.3 Å². The fourth-order valence-corrected chi connectivity index (χ4v) is 4.14. The summed E-state index contributed by atoms with van der Waals surface area (Å²) in [4.78, 5) is 1.07. The molecular weight excluding hydrogens is 272 g/mol. The molecule has 1 nitrogen and oxygen atoms in total. The van der Waals surface area contributed by atoms with E-state index in [2.05, 4.69) is 43.6 Å². The van der Waals surface area contributed by atoms with E-state index in [0.717, 1.165) is 8.66 Å². The Kier molecular flexibility index (Phi) is 2.57. The summed E-state index contributed by atoms with van der Waals surface area (Å²) < 4.78 is 1.09. The van der Waals surface area contributed by atoms with Gasteiger partial charge >= 0.3 is 0 Å². The molecule has 1 atom stereocenters. The summed E-state index contributed by atoms with van der Waals surface area (Å²) in [5, 5.41) is 10.3. The lowest BCUT2D eigenvalue weighted by Gasteiger charge is -2.10. The Morgan fingerprint density at radius 1 is 1.27 bits per heavy atom. The Bertz CT molecular complexity index is 367. The summed E-state index contributed by atoms with van der Waals surface area (Å²) in [6.45, 7) is 8.96. The van der Waals surface area contributed by atoms with E-state index in [1.807, 2.05) is 12.1 Å². The maximum absolute atomic E-state index is 10.3. The van der Waals surface area contributed by atoms with Crippen LogP contribution < -0.4 is 0 Å². The van der Waals surface area contributed by atoms with Crippen LogP contribution >= 0.6 is 27.3 Å². The van der Waals surface area contributed by atoms with Crippen molar-refractivity contribution in [2.75, 3.05) is 0 Å². The van der Waals surface area contributed by atoms with Crippen molar-refractivity contribution in [1.82, 2.24) is 0 Å². The van der Waals surface area contributed by atoms with E-state index >= 15 is 0 Å². The molecule has 0 bridgehead atoms. The molecule has 1 fully saturated rings. The Morgan fingerprint density at radius 2 is 1.80 bits per heavy atom. The predicted octanol–water partition coefficient (Wildman–Crippen LogP) is 4.23. The van der Waals surface area contributed by atoms with Gasteiger partial charge in [0.25, 0.3) is 0 Å². The SMILES string of the molecule is CC1(C)C(C(O)c2ccc(Br)s2)C1(C)C. The predicted molar refractivity (Wildman–Crippen MR) is 68.0 cm³/mol. The fourth-order valence-electron chi connectivity index (χ4n) is 2.69. The molecule has 1 N–H and O–H groups in total. The maximum Gasteiger partial charge on any atom is 0.0921 e. The van der Waals surface area contributed by atoms with Crippen LogP contribution in [-0.4, -0.2) is 5.11 Å². The minimum absolute atomic E-state index is 0.239. The van der Waals surface area contributed by atoms with Gasteiger partial charge in [-0.3, -0.25) is 0 Å². The van der Waals surface area contributed by atoms with Gasteiger partial charge in [-0.25, -0.2) is 0 Å². The van der Waals surface area contributed by atoms with Gasteiger partial charge in [-0.2, -0.15) is 0 Å². The number of aliphatic hydroxyl groups excluding tert-OH is 1. The van der Waals surface area contributed by atoms with E-state index in [0.29, 0.717) is 5.92 Å². The second-order valence-electron chi connectivity index (χ2n) is 5.51. The van der Waals surface area contributed by atoms with E-state index in [4.69, 9.17) is 0 Å². The summed E-state index contributed by atoms with van der Waals surface area (Å²) in [7, 11) is 0. The van der Waals surface area contributed by atoms with Gasteiger partial charge in [0.2, 0.25) is 0 Å². The Labute approximate surface area is 104 Å². The largest absolute Gasteiger partial charge is 0.387 e. The molecule has 1 unspecified atom stereocenters. The van der Waals surface area contributed by atoms with E-state index in [1.165, 1.54) is 0 Å². The second-order valence-corrected chi connectivity index (χ2v) is 8.00. The Hall–Kier alpha value is 0.140. The molecule has 0 spiro atoms. The van der Waals surface area contributed by atoms with E-state index in [1.54, 1.807) is 11.3 Å². The minimum Gasteiger partial charge on any atom is -0.387 e. The van der Waals surface area contributed by atoms with Crippen LogP contribution in [0.3, 0.4) is 0 Å². The van der Waals surface area contributed by atoms with Crippen LogP contribution in [0.2, 0.25) is 0 Å². The standard InChI is InChI=1S/C12H17BrOS/c1-11(2)10(12(11,3)4)9(14)7-5-6-8(13)15-7/h5-6,9-10,14H,1-4H3. The lowest BCUT2D eigenvalue weighted by Crippen LogP contribution is -2.03. The van der Waals surface area contributed by atoms with Crippen LogP contribution in [0.5, 0.6) is 0 Å². The molecule has 1 aromatic rings. The molecule has 2 rings (SSSR count). The number of rotatable bonds is 2. The number of hydrogen-bond donors (Lipinski definition) is 1. The molecule has 1 aromatic heterocycles. The summed E-state index contributed by atoms with van der Waals surface area (Å²) in [5.41, 5.74) is 0.478. The highest BCUT2D eigenvalue weighted by molar-refractivity contribution is 9.11. The first-order chi connectivity index (χ1) is 6.78. The van der Waals surface area contributed by atoms with E-state index in [-0.39, 0.29) is 16.9 Å². The van der Waals surface area contributed by atoms with Crippen molar-refractivity contribution in [3.05, 3.63) is 20.8 Å². The van der Waals surface area contributed by atoms with Gasteiger partial charge < -0.3 is 5.11 Å². The average Bonchev–Trinajstić information content (AvgIpc) is 2.49. The van der Waals surface area contributed by atoms with Crippen molar-refractivity contribution in [2.45, 2.75) is 33.8 Å². The highest BCUT2D eigenvalue weighted by Gasteiger charge is 2.67. The van der Waals surface area contributed by atoms with Gasteiger partial charge in [0.15, 0.2) is 0 Å². The zero-order valence-electron chi connectivity index (χ0n) is 9.54. The molecular formula is C12H17BrOS. The van der Waals surface area contributed by atoms with Crippen LogP contribution in [0, 0.1) is 16.7 Å². The summed E-state index contributed by atoms with van der Waals surface area (Å²) in [5.74, 6) is 0.371. The Balaban J connectivity index is 2.21. The lowest BCUT2D eigenvalue weighted by molar-refractivity contribution is 0.134. The van der Waals surface area contributed by atoms with Crippen molar-refractivity contribution in [1.29, 1.82) is 0 Å². The molecule has 0 aromatic carbocycles. The zero-order chi connectivity index (χ0) is 11.4. The van der Waals surface area contributed by atoms with Gasteiger partial charge in [0.05, 0.1) is 9.89 Å². The molecule has 1 heterocycles. The quantitative estimate of drug-likeness (QED) is 0.864. The third-order valence-corrected chi connectivity index (χ3v) is 6.03. The van der Waals surface area contributed by atoms with Crippen LogP contribution in [-0.2, 0) is 0 Å². The van der Waals surface area contributed by atoms with Crippen LogP contribution in [0.4, 0.5) is 0 Å². The third kappa shape index (κ3) is 1.60. The molecule has 0 radical (unpaired) electrons. The summed E-state index contributed by atoms with van der Waals surface area (Å²) in [6.07, 6.45) is -0.314. The first-order valence-corrected chi connectivity index (χ1v) is 6.82. The van der Waals surface area contributed by atoms with Crippen LogP contribution in [0.25, 0.3) is 0 Å². The van der Waals surface area contributed by atoms with Gasteiger partial charge in [-0.05, 0) is 38.9 Å². The van der Waals surface area contributed by atoms with Gasteiger partial charge in [-0.15, -0.1) is 11.3 Å². The normalized spacial score (nSPS) is 25.2. The highest BCUT2D eigenvalue weighted by atomic mass is 79.9. The molecule has 0 amide bonds. The van der Waals surface area contributed by atoms with Crippen molar-refractivity contribution < 1.29 is 5.11 Å². The van der Waals surface area contributed by atoms with Gasteiger partial charge in [-0.1, -0.05) is 27.7 Å². The molecule has 0 aliphatic heterocycles. The van der Waals surface area contributed by atoms with Gasteiger partial charge in [0.1, 0.15) is 0 Å². The third-order valence-electron chi connectivity index (χ3n) is 4.33. The fraction of sp³-hybridized carbons (Fsp3) is 0.667. The highest BCUT2D eigenvalue weighted by Crippen LogP contribution is 2.72. The molecule has 3 heteroatoms. The maximum atomic E-state index is 10.3. The molecule has 0 saturated heterocycles. The van der Waals surface area contributed by atoms with E-state index < -0.39 is 0 Å². The molecule has 15 heavy (non-hydrogen) atoms. The molecule has 1 aliphatic carbocycles. The number of halogens is 1. The van der Waals surface area contributed by atoms with Gasteiger partial charge in [0, 0.05) is 10.8 Å².